The lowest BCUT2D eigenvalue weighted by molar-refractivity contribution is -0.151. The fourth-order valence-electron chi connectivity index (χ4n) is 2.73. The van der Waals surface area contributed by atoms with Crippen molar-refractivity contribution < 1.29 is 19.1 Å². The molecule has 0 radical (unpaired) electrons. The van der Waals surface area contributed by atoms with Crippen molar-refractivity contribution in [1.29, 1.82) is 0 Å². The first-order chi connectivity index (χ1) is 12.4. The molecule has 1 atom stereocenters. The first kappa shape index (κ1) is 20.3. The molecule has 1 aliphatic rings. The summed E-state index contributed by atoms with van der Waals surface area (Å²) in [7, 11) is 0. The zero-order valence-electron chi connectivity index (χ0n) is 15.2. The third kappa shape index (κ3) is 7.07. The first-order valence-electron chi connectivity index (χ1n) is 8.88. The van der Waals surface area contributed by atoms with Gasteiger partial charge in [-0.05, 0) is 32.3 Å². The molecule has 0 saturated heterocycles. The van der Waals surface area contributed by atoms with Crippen LogP contribution >= 0.6 is 11.8 Å². The van der Waals surface area contributed by atoms with Crippen LogP contribution in [0.5, 0.6) is 0 Å². The van der Waals surface area contributed by atoms with Gasteiger partial charge in [0.15, 0.2) is 6.10 Å². The van der Waals surface area contributed by atoms with E-state index in [9.17, 15) is 14.4 Å². The highest BCUT2D eigenvalue weighted by atomic mass is 32.2. The molecule has 2 N–H and O–H groups in total. The Morgan fingerprint density at radius 1 is 1.19 bits per heavy atom. The lowest BCUT2D eigenvalue weighted by atomic mass is 10.2. The summed E-state index contributed by atoms with van der Waals surface area (Å²) >= 11 is 1.42. The Balaban J connectivity index is 1.64. The van der Waals surface area contributed by atoms with Crippen LogP contribution in [0.1, 0.15) is 43.7 Å². The van der Waals surface area contributed by atoms with Crippen LogP contribution in [0.15, 0.2) is 24.3 Å². The minimum atomic E-state index is -1.00. The summed E-state index contributed by atoms with van der Waals surface area (Å²) < 4.78 is 5.09. The SMILES string of the molecule is Cc1ccc(CSCC(=O)O[C@@H](C)C(=O)NC(=O)NC2CCCC2)cc1. The molecule has 0 aliphatic heterocycles. The lowest BCUT2D eigenvalue weighted by Gasteiger charge is -2.15. The number of aryl methyl sites for hydroxylation is 1. The summed E-state index contributed by atoms with van der Waals surface area (Å²) in [5.74, 6) is -0.238. The van der Waals surface area contributed by atoms with Gasteiger partial charge in [-0.25, -0.2) is 4.79 Å². The van der Waals surface area contributed by atoms with Gasteiger partial charge in [0, 0.05) is 11.8 Å². The van der Waals surface area contributed by atoms with Gasteiger partial charge >= 0.3 is 12.0 Å². The highest BCUT2D eigenvalue weighted by molar-refractivity contribution is 7.99. The standard InChI is InChI=1S/C19H26N2O4S/c1-13-7-9-15(10-8-13)11-26-12-17(22)25-14(2)18(23)21-19(24)20-16-5-3-4-6-16/h7-10,14,16H,3-6,11-12H2,1-2H3,(H2,20,21,23,24)/t14-/m0/s1. The molecule has 0 heterocycles. The van der Waals surface area contributed by atoms with E-state index in [2.05, 4.69) is 10.6 Å². The maximum atomic E-state index is 11.9. The van der Waals surface area contributed by atoms with Crippen LogP contribution in [-0.4, -0.2) is 35.8 Å². The topological polar surface area (TPSA) is 84.5 Å². The summed E-state index contributed by atoms with van der Waals surface area (Å²) in [5, 5.41) is 4.99. The second kappa shape index (κ2) is 10.2. The summed E-state index contributed by atoms with van der Waals surface area (Å²) in [6.07, 6.45) is 3.05. The van der Waals surface area contributed by atoms with Crippen molar-refractivity contribution in [2.45, 2.75) is 57.4 Å². The van der Waals surface area contributed by atoms with Crippen molar-refractivity contribution in [3.05, 3.63) is 35.4 Å². The highest BCUT2D eigenvalue weighted by Crippen LogP contribution is 2.17. The number of benzene rings is 1. The predicted octanol–water partition coefficient (Wildman–Crippen LogP) is 2.93. The Morgan fingerprint density at radius 3 is 2.50 bits per heavy atom. The zero-order chi connectivity index (χ0) is 18.9. The van der Waals surface area contributed by atoms with Crippen LogP contribution in [0.2, 0.25) is 0 Å². The second-order valence-electron chi connectivity index (χ2n) is 6.55. The molecule has 1 aromatic carbocycles. The second-order valence-corrected chi connectivity index (χ2v) is 7.54. The summed E-state index contributed by atoms with van der Waals surface area (Å²) in [6.45, 7) is 3.48. The van der Waals surface area contributed by atoms with Crippen molar-refractivity contribution in [3.8, 4) is 0 Å². The molecule has 6 nitrogen and oxygen atoms in total. The summed E-state index contributed by atoms with van der Waals surface area (Å²) in [4.78, 5) is 35.5. The smallest absolute Gasteiger partial charge is 0.321 e. The van der Waals surface area contributed by atoms with Crippen molar-refractivity contribution >= 4 is 29.7 Å². The molecule has 1 aromatic rings. The number of rotatable bonds is 7. The molecule has 0 unspecified atom stereocenters. The van der Waals surface area contributed by atoms with Gasteiger partial charge < -0.3 is 10.1 Å². The Hall–Kier alpha value is -2.02. The minimum Gasteiger partial charge on any atom is -0.452 e. The van der Waals surface area contributed by atoms with Crippen molar-refractivity contribution in [3.63, 3.8) is 0 Å². The van der Waals surface area contributed by atoms with Crippen molar-refractivity contribution in [2.75, 3.05) is 5.75 Å². The summed E-state index contributed by atoms with van der Waals surface area (Å²) in [6, 6.07) is 7.69. The van der Waals surface area contributed by atoms with E-state index >= 15 is 0 Å². The third-order valence-corrected chi connectivity index (χ3v) is 5.19. The van der Waals surface area contributed by atoms with Gasteiger partial charge in [0.25, 0.3) is 5.91 Å². The Kier molecular flexibility index (Phi) is 7.97. The maximum Gasteiger partial charge on any atom is 0.321 e. The van der Waals surface area contributed by atoms with Gasteiger partial charge in [-0.3, -0.25) is 14.9 Å². The molecule has 1 aliphatic carbocycles. The number of amides is 3. The Labute approximate surface area is 158 Å². The molecule has 1 saturated carbocycles. The number of urea groups is 1. The molecule has 0 aromatic heterocycles. The van der Waals surface area contributed by atoms with E-state index in [-0.39, 0.29) is 11.8 Å². The van der Waals surface area contributed by atoms with E-state index in [1.807, 2.05) is 31.2 Å². The van der Waals surface area contributed by atoms with E-state index in [0.717, 1.165) is 31.2 Å². The fourth-order valence-corrected chi connectivity index (χ4v) is 3.49. The number of imide groups is 1. The maximum absolute atomic E-state index is 11.9. The molecule has 7 heteroatoms. The number of hydrogen-bond donors (Lipinski definition) is 2. The quantitative estimate of drug-likeness (QED) is 0.713. The average molecular weight is 378 g/mol. The van der Waals surface area contributed by atoms with Crippen LogP contribution < -0.4 is 10.6 Å². The van der Waals surface area contributed by atoms with Gasteiger partial charge in [0.2, 0.25) is 0 Å². The average Bonchev–Trinajstić information content (AvgIpc) is 3.09. The number of esters is 1. The predicted molar refractivity (Wildman–Crippen MR) is 102 cm³/mol. The number of nitrogens with one attached hydrogen (secondary N) is 2. The van der Waals surface area contributed by atoms with Gasteiger partial charge in [0.05, 0.1) is 5.75 Å². The van der Waals surface area contributed by atoms with E-state index in [1.165, 1.54) is 24.2 Å². The number of thioether (sulfide) groups is 1. The third-order valence-electron chi connectivity index (χ3n) is 4.21. The molecule has 26 heavy (non-hydrogen) atoms. The molecular formula is C19H26N2O4S. The fraction of sp³-hybridized carbons (Fsp3) is 0.526. The Morgan fingerprint density at radius 2 is 1.85 bits per heavy atom. The van der Waals surface area contributed by atoms with Gasteiger partial charge in [0.1, 0.15) is 0 Å². The molecule has 1 fully saturated rings. The normalized spacial score (nSPS) is 15.3. The molecular weight excluding hydrogens is 352 g/mol. The lowest BCUT2D eigenvalue weighted by Crippen LogP contribution is -2.47. The van der Waals surface area contributed by atoms with Crippen LogP contribution in [-0.2, 0) is 20.1 Å². The first-order valence-corrected chi connectivity index (χ1v) is 10.0. The van der Waals surface area contributed by atoms with Crippen LogP contribution in [0.4, 0.5) is 4.79 Å². The van der Waals surface area contributed by atoms with Crippen LogP contribution in [0, 0.1) is 6.92 Å². The number of carbonyl (C=O) groups excluding carboxylic acids is 3. The van der Waals surface area contributed by atoms with E-state index in [0.29, 0.717) is 5.75 Å². The number of ether oxygens (including phenoxy) is 1. The molecule has 0 spiro atoms. The monoisotopic (exact) mass is 378 g/mol. The van der Waals surface area contributed by atoms with Crippen LogP contribution in [0.25, 0.3) is 0 Å². The molecule has 2 rings (SSSR count). The van der Waals surface area contributed by atoms with Crippen molar-refractivity contribution in [2.24, 2.45) is 0 Å². The number of hydrogen-bond acceptors (Lipinski definition) is 5. The van der Waals surface area contributed by atoms with E-state index in [4.69, 9.17) is 4.74 Å². The van der Waals surface area contributed by atoms with E-state index < -0.39 is 24.0 Å². The molecule has 0 bridgehead atoms. The molecule has 142 valence electrons. The van der Waals surface area contributed by atoms with Gasteiger partial charge in [-0.1, -0.05) is 42.7 Å². The highest BCUT2D eigenvalue weighted by Gasteiger charge is 2.22. The van der Waals surface area contributed by atoms with Gasteiger partial charge in [-0.15, -0.1) is 11.8 Å². The number of carbonyl (C=O) groups is 3. The molecule has 3 amide bonds. The minimum absolute atomic E-state index is 0.124. The van der Waals surface area contributed by atoms with Crippen LogP contribution in [0.3, 0.4) is 0 Å². The van der Waals surface area contributed by atoms with E-state index in [1.54, 1.807) is 0 Å². The van der Waals surface area contributed by atoms with Crippen molar-refractivity contribution in [1.82, 2.24) is 10.6 Å². The largest absolute Gasteiger partial charge is 0.452 e. The zero-order valence-corrected chi connectivity index (χ0v) is 16.1. The van der Waals surface area contributed by atoms with Gasteiger partial charge in [-0.2, -0.15) is 0 Å². The summed E-state index contributed by atoms with van der Waals surface area (Å²) in [5.41, 5.74) is 2.32. The Bertz CT molecular complexity index is 627.